The number of hydrogen-bond donors (Lipinski definition) is 3. The first kappa shape index (κ1) is 24.6. The molecule has 0 spiro atoms. The average molecular weight is 456 g/mol. The van der Waals surface area contributed by atoms with Crippen LogP contribution in [0.15, 0.2) is 54.6 Å². The standard InChI is InChI=1S/C21H29O7PS/c1-17(2)14-15-19-12-6-7-13-20(19)28-21(29(22,23)24,30(25,26)27)16-8-11-18-9-4-3-5-10-18/h3-7,9-10,12-13,17H,8,11,14-16H2,1-2H3,(H2,22,23,24)(H,25,26,27). The zero-order chi connectivity index (χ0) is 22.4. The maximum atomic E-state index is 12.4. The lowest BCUT2D eigenvalue weighted by Crippen LogP contribution is -2.44. The van der Waals surface area contributed by atoms with Crippen LogP contribution >= 0.6 is 7.60 Å². The molecule has 0 aliphatic carbocycles. The van der Waals surface area contributed by atoms with Crippen LogP contribution in [0, 0.1) is 5.92 Å². The van der Waals surface area contributed by atoms with Crippen LogP contribution in [-0.4, -0.2) is 27.4 Å². The minimum Gasteiger partial charge on any atom is -0.457 e. The Labute approximate surface area is 178 Å². The Morgan fingerprint density at radius 2 is 1.60 bits per heavy atom. The smallest absolute Gasteiger partial charge is 0.387 e. The lowest BCUT2D eigenvalue weighted by molar-refractivity contribution is 0.162. The average Bonchev–Trinajstić information content (AvgIpc) is 2.65. The predicted molar refractivity (Wildman–Crippen MR) is 116 cm³/mol. The molecular formula is C21H29O7PS. The summed E-state index contributed by atoms with van der Waals surface area (Å²) in [6, 6.07) is 15.6. The van der Waals surface area contributed by atoms with Crippen molar-refractivity contribution in [3.63, 3.8) is 0 Å². The molecule has 0 fully saturated rings. The van der Waals surface area contributed by atoms with Crippen LogP contribution in [0.25, 0.3) is 0 Å². The second-order valence-electron chi connectivity index (χ2n) is 7.71. The van der Waals surface area contributed by atoms with Crippen LogP contribution < -0.4 is 4.74 Å². The largest absolute Gasteiger partial charge is 0.457 e. The van der Waals surface area contributed by atoms with E-state index in [4.69, 9.17) is 4.74 Å². The molecule has 0 saturated carbocycles. The fourth-order valence-electron chi connectivity index (χ4n) is 3.17. The summed E-state index contributed by atoms with van der Waals surface area (Å²) in [7, 11) is -10.7. The van der Waals surface area contributed by atoms with Gasteiger partial charge in [-0.1, -0.05) is 62.4 Å². The summed E-state index contributed by atoms with van der Waals surface area (Å²) in [5, 5.41) is 0. The van der Waals surface area contributed by atoms with Gasteiger partial charge in [0.25, 0.3) is 0 Å². The van der Waals surface area contributed by atoms with Crippen molar-refractivity contribution in [3.8, 4) is 5.75 Å². The fourth-order valence-corrected chi connectivity index (χ4v) is 5.64. The number of para-hydroxylation sites is 1. The molecule has 9 heteroatoms. The molecule has 0 aromatic heterocycles. The first-order valence-electron chi connectivity index (χ1n) is 9.80. The highest BCUT2D eigenvalue weighted by molar-refractivity contribution is 7.94. The van der Waals surface area contributed by atoms with Crippen molar-refractivity contribution < 1.29 is 32.1 Å². The van der Waals surface area contributed by atoms with Gasteiger partial charge in [-0.2, -0.15) is 8.42 Å². The van der Waals surface area contributed by atoms with Gasteiger partial charge >= 0.3 is 22.4 Å². The van der Waals surface area contributed by atoms with E-state index in [1.54, 1.807) is 18.2 Å². The van der Waals surface area contributed by atoms with Gasteiger partial charge in [-0.25, -0.2) is 0 Å². The van der Waals surface area contributed by atoms with Crippen LogP contribution in [0.1, 0.15) is 44.2 Å². The molecule has 0 bridgehead atoms. The van der Waals surface area contributed by atoms with Gasteiger partial charge in [0.15, 0.2) is 0 Å². The van der Waals surface area contributed by atoms with Crippen LogP contribution in [0.5, 0.6) is 5.75 Å². The predicted octanol–water partition coefficient (Wildman–Crippen LogP) is 4.40. The van der Waals surface area contributed by atoms with Crippen LogP contribution in [0.2, 0.25) is 0 Å². The molecular weight excluding hydrogens is 427 g/mol. The lowest BCUT2D eigenvalue weighted by atomic mass is 10.0. The van der Waals surface area contributed by atoms with Crippen molar-refractivity contribution in [2.45, 2.75) is 50.6 Å². The van der Waals surface area contributed by atoms with Gasteiger partial charge in [0.1, 0.15) is 5.75 Å². The highest BCUT2D eigenvalue weighted by atomic mass is 32.2. The Morgan fingerprint density at radius 1 is 1.00 bits per heavy atom. The number of aryl methyl sites for hydroxylation is 2. The Bertz CT molecular complexity index is 970. The number of benzene rings is 2. The molecule has 0 aliphatic rings. The molecule has 166 valence electrons. The highest BCUT2D eigenvalue weighted by Gasteiger charge is 2.60. The van der Waals surface area contributed by atoms with Gasteiger partial charge in [-0.05, 0) is 48.8 Å². The first-order valence-corrected chi connectivity index (χ1v) is 12.8. The Morgan fingerprint density at radius 3 is 2.17 bits per heavy atom. The molecule has 2 aromatic rings. The van der Waals surface area contributed by atoms with E-state index in [1.165, 1.54) is 6.07 Å². The normalized spacial score (nSPS) is 14.5. The van der Waals surface area contributed by atoms with Crippen molar-refractivity contribution in [2.24, 2.45) is 5.92 Å². The van der Waals surface area contributed by atoms with Crippen LogP contribution in [0.4, 0.5) is 0 Å². The van der Waals surface area contributed by atoms with E-state index >= 15 is 0 Å². The topological polar surface area (TPSA) is 121 Å². The van der Waals surface area contributed by atoms with E-state index in [1.807, 2.05) is 44.2 Å². The van der Waals surface area contributed by atoms with Crippen molar-refractivity contribution in [1.29, 1.82) is 0 Å². The zero-order valence-electron chi connectivity index (χ0n) is 17.1. The van der Waals surface area contributed by atoms with Crippen LogP contribution in [-0.2, 0) is 27.5 Å². The SMILES string of the molecule is CC(C)CCc1ccccc1OC(CCCc1ccccc1)(P(=O)(O)O)S(=O)(=O)O. The number of ether oxygens (including phenoxy) is 1. The molecule has 7 nitrogen and oxygen atoms in total. The van der Waals surface area contributed by atoms with Gasteiger partial charge in [0.05, 0.1) is 0 Å². The van der Waals surface area contributed by atoms with E-state index < -0.39 is 28.8 Å². The van der Waals surface area contributed by atoms with Gasteiger partial charge in [-0.15, -0.1) is 0 Å². The minimum atomic E-state index is -5.43. The molecule has 1 unspecified atom stereocenters. The van der Waals surface area contributed by atoms with Crippen LogP contribution in [0.3, 0.4) is 0 Å². The van der Waals surface area contributed by atoms with E-state index in [2.05, 4.69) is 0 Å². The van der Waals surface area contributed by atoms with Crippen molar-refractivity contribution in [2.75, 3.05) is 0 Å². The lowest BCUT2D eigenvalue weighted by Gasteiger charge is -2.32. The summed E-state index contributed by atoms with van der Waals surface area (Å²) in [5.41, 5.74) is 1.50. The van der Waals surface area contributed by atoms with E-state index in [0.717, 1.165) is 12.0 Å². The Hall–Kier alpha value is -1.70. The quantitative estimate of drug-likeness (QED) is 0.338. The maximum absolute atomic E-state index is 12.4. The Kier molecular flexibility index (Phi) is 8.25. The minimum absolute atomic E-state index is 0.0406. The Balaban J connectivity index is 2.38. The summed E-state index contributed by atoms with van der Waals surface area (Å²) in [5.74, 6) is 0.413. The molecule has 0 radical (unpaired) electrons. The zero-order valence-corrected chi connectivity index (χ0v) is 18.9. The van der Waals surface area contributed by atoms with Crippen molar-refractivity contribution >= 4 is 17.7 Å². The molecule has 2 aromatic carbocycles. The monoisotopic (exact) mass is 456 g/mol. The molecule has 0 aliphatic heterocycles. The maximum Gasteiger partial charge on any atom is 0.387 e. The molecule has 0 amide bonds. The van der Waals surface area contributed by atoms with E-state index in [9.17, 15) is 27.3 Å². The van der Waals surface area contributed by atoms with Gasteiger partial charge in [-0.3, -0.25) is 9.12 Å². The molecule has 3 N–H and O–H groups in total. The second kappa shape index (κ2) is 10.1. The molecule has 30 heavy (non-hydrogen) atoms. The van der Waals surface area contributed by atoms with E-state index in [0.29, 0.717) is 24.3 Å². The van der Waals surface area contributed by atoms with Crippen molar-refractivity contribution in [1.82, 2.24) is 0 Å². The highest BCUT2D eigenvalue weighted by Crippen LogP contribution is 2.57. The molecule has 0 saturated heterocycles. The first-order chi connectivity index (χ1) is 14.0. The third-order valence-electron chi connectivity index (χ3n) is 4.88. The summed E-state index contributed by atoms with van der Waals surface area (Å²) < 4.78 is 49.2. The van der Waals surface area contributed by atoms with Gasteiger partial charge in [0, 0.05) is 6.42 Å². The summed E-state index contributed by atoms with van der Waals surface area (Å²) >= 11 is 0. The summed E-state index contributed by atoms with van der Waals surface area (Å²) in [4.78, 5) is 20.0. The third-order valence-corrected chi connectivity index (χ3v) is 8.58. The number of rotatable bonds is 11. The van der Waals surface area contributed by atoms with Crippen molar-refractivity contribution in [3.05, 3.63) is 65.7 Å². The summed E-state index contributed by atoms with van der Waals surface area (Å²) in [6.45, 7) is 4.07. The third kappa shape index (κ3) is 6.15. The fraction of sp³-hybridized carbons (Fsp3) is 0.429. The number of hydrogen-bond acceptors (Lipinski definition) is 4. The van der Waals surface area contributed by atoms with Gasteiger partial charge < -0.3 is 14.5 Å². The molecule has 1 atom stereocenters. The van der Waals surface area contributed by atoms with E-state index in [-0.39, 0.29) is 12.2 Å². The molecule has 2 rings (SSSR count). The van der Waals surface area contributed by atoms with Gasteiger partial charge in [0.2, 0.25) is 0 Å². The summed E-state index contributed by atoms with van der Waals surface area (Å²) in [6.07, 6.45) is 1.22. The second-order valence-corrected chi connectivity index (χ2v) is 11.4. The molecule has 0 heterocycles.